The lowest BCUT2D eigenvalue weighted by Crippen LogP contribution is -2.50. The molecule has 5 nitrogen and oxygen atoms in total. The van der Waals surface area contributed by atoms with Crippen molar-refractivity contribution in [3.05, 3.63) is 101 Å². The molecule has 178 valence electrons. The number of ether oxygens (including phenoxy) is 1. The number of aryl methyl sites for hydroxylation is 1. The number of benzene rings is 3. The molecule has 0 saturated carbocycles. The van der Waals surface area contributed by atoms with Gasteiger partial charge in [0.05, 0.1) is 12.9 Å². The number of carbonyl (C=O) groups is 2. The fourth-order valence-corrected chi connectivity index (χ4v) is 4.66. The minimum Gasteiger partial charge on any atom is -0.497 e. The van der Waals surface area contributed by atoms with Crippen molar-refractivity contribution in [1.29, 1.82) is 0 Å². The molecule has 0 saturated heterocycles. The highest BCUT2D eigenvalue weighted by atomic mass is 32.2. The third kappa shape index (κ3) is 7.39. The van der Waals surface area contributed by atoms with E-state index in [9.17, 15) is 9.59 Å². The van der Waals surface area contributed by atoms with Gasteiger partial charge >= 0.3 is 0 Å². The fraction of sp³-hybridized carbons (Fsp3) is 0.286. The Labute approximate surface area is 206 Å². The molecule has 3 rings (SSSR count). The first-order valence-corrected chi connectivity index (χ1v) is 12.5. The fourth-order valence-electron chi connectivity index (χ4n) is 3.79. The SMILES string of the molecule is CNC(=O)C(Cc1ccccc1)N(Cc1cccc(C)c1)C(=O)CSCc1ccc(OC)cc1. The molecule has 1 unspecified atom stereocenters. The minimum absolute atomic E-state index is 0.0513. The number of methoxy groups -OCH3 is 1. The van der Waals surface area contributed by atoms with Crippen molar-refractivity contribution in [3.8, 4) is 5.75 Å². The molecule has 1 N–H and O–H groups in total. The van der Waals surface area contributed by atoms with Crippen LogP contribution in [-0.4, -0.2) is 42.7 Å². The van der Waals surface area contributed by atoms with Crippen molar-refractivity contribution in [3.63, 3.8) is 0 Å². The van der Waals surface area contributed by atoms with Crippen molar-refractivity contribution in [2.24, 2.45) is 0 Å². The van der Waals surface area contributed by atoms with Crippen molar-refractivity contribution in [1.82, 2.24) is 10.2 Å². The zero-order valence-corrected chi connectivity index (χ0v) is 20.8. The number of nitrogens with zero attached hydrogens (tertiary/aromatic N) is 1. The standard InChI is InChI=1S/C28H32N2O3S/c1-21-8-7-11-24(16-21)18-30(26(28(32)29-2)17-22-9-5-4-6-10-22)27(31)20-34-19-23-12-14-25(33-3)15-13-23/h4-16,26H,17-20H2,1-3H3,(H,29,32). The van der Waals surface area contributed by atoms with Gasteiger partial charge in [-0.25, -0.2) is 0 Å². The first-order valence-electron chi connectivity index (χ1n) is 11.3. The average Bonchev–Trinajstić information content (AvgIpc) is 2.86. The average molecular weight is 477 g/mol. The summed E-state index contributed by atoms with van der Waals surface area (Å²) in [5, 5.41) is 2.76. The van der Waals surface area contributed by atoms with E-state index in [1.165, 1.54) is 0 Å². The van der Waals surface area contributed by atoms with Crippen LogP contribution in [0.15, 0.2) is 78.9 Å². The molecule has 0 aliphatic carbocycles. The van der Waals surface area contributed by atoms with Gasteiger partial charge in [0.25, 0.3) is 0 Å². The van der Waals surface area contributed by atoms with Gasteiger partial charge in [0.1, 0.15) is 11.8 Å². The normalized spacial score (nSPS) is 11.5. The van der Waals surface area contributed by atoms with E-state index in [4.69, 9.17) is 4.74 Å². The number of rotatable bonds is 11. The molecule has 34 heavy (non-hydrogen) atoms. The summed E-state index contributed by atoms with van der Waals surface area (Å²) in [7, 11) is 3.26. The zero-order valence-electron chi connectivity index (χ0n) is 20.0. The highest BCUT2D eigenvalue weighted by Gasteiger charge is 2.29. The van der Waals surface area contributed by atoms with Gasteiger partial charge in [-0.2, -0.15) is 0 Å². The number of hydrogen-bond donors (Lipinski definition) is 1. The van der Waals surface area contributed by atoms with Gasteiger partial charge in [0.2, 0.25) is 11.8 Å². The summed E-state index contributed by atoms with van der Waals surface area (Å²) in [5.74, 6) is 1.59. The van der Waals surface area contributed by atoms with E-state index in [1.54, 1.807) is 30.8 Å². The predicted octanol–water partition coefficient (Wildman–Crippen LogP) is 4.62. The Morgan fingerprint density at radius 1 is 0.941 bits per heavy atom. The maximum atomic E-state index is 13.5. The number of amides is 2. The monoisotopic (exact) mass is 476 g/mol. The number of carbonyl (C=O) groups excluding carboxylic acids is 2. The molecule has 0 radical (unpaired) electrons. The van der Waals surface area contributed by atoms with Crippen LogP contribution >= 0.6 is 11.8 Å². The maximum absolute atomic E-state index is 13.5. The van der Waals surface area contributed by atoms with Gasteiger partial charge in [0.15, 0.2) is 0 Å². The lowest BCUT2D eigenvalue weighted by atomic mass is 10.0. The summed E-state index contributed by atoms with van der Waals surface area (Å²) in [6, 6.07) is 25.2. The first kappa shape index (κ1) is 25.4. The molecule has 0 spiro atoms. The van der Waals surface area contributed by atoms with Crippen molar-refractivity contribution < 1.29 is 14.3 Å². The lowest BCUT2D eigenvalue weighted by Gasteiger charge is -2.31. The third-order valence-corrected chi connectivity index (χ3v) is 6.59. The van der Waals surface area contributed by atoms with Gasteiger partial charge < -0.3 is 15.0 Å². The number of nitrogens with one attached hydrogen (secondary N) is 1. The van der Waals surface area contributed by atoms with Crippen molar-refractivity contribution >= 4 is 23.6 Å². The summed E-state index contributed by atoms with van der Waals surface area (Å²) >= 11 is 1.55. The first-order chi connectivity index (χ1) is 16.5. The van der Waals surface area contributed by atoms with Crippen molar-refractivity contribution in [2.45, 2.75) is 31.7 Å². The number of thioether (sulfide) groups is 1. The van der Waals surface area contributed by atoms with E-state index < -0.39 is 6.04 Å². The highest BCUT2D eigenvalue weighted by Crippen LogP contribution is 2.20. The molecular formula is C28H32N2O3S. The Morgan fingerprint density at radius 3 is 2.29 bits per heavy atom. The Hall–Kier alpha value is -3.25. The van der Waals surface area contributed by atoms with Crippen LogP contribution in [0.1, 0.15) is 22.3 Å². The Bertz CT molecular complexity index is 1070. The van der Waals surface area contributed by atoms with Crippen LogP contribution < -0.4 is 10.1 Å². The maximum Gasteiger partial charge on any atom is 0.242 e. The summed E-state index contributed by atoms with van der Waals surface area (Å²) in [5.41, 5.74) is 4.27. The van der Waals surface area contributed by atoms with E-state index in [0.717, 1.165) is 28.0 Å². The van der Waals surface area contributed by atoms with E-state index in [2.05, 4.69) is 11.4 Å². The Morgan fingerprint density at radius 2 is 1.65 bits per heavy atom. The predicted molar refractivity (Wildman–Crippen MR) is 139 cm³/mol. The van der Waals surface area contributed by atoms with Gasteiger partial charge in [-0.1, -0.05) is 72.3 Å². The lowest BCUT2D eigenvalue weighted by molar-refractivity contribution is -0.139. The van der Waals surface area contributed by atoms with Crippen LogP contribution in [0.25, 0.3) is 0 Å². The Kier molecular flexibility index (Phi) is 9.59. The second-order valence-electron chi connectivity index (χ2n) is 8.17. The van der Waals surface area contributed by atoms with Crippen LogP contribution in [0.5, 0.6) is 5.75 Å². The smallest absolute Gasteiger partial charge is 0.242 e. The molecule has 3 aromatic carbocycles. The molecule has 0 aliphatic rings. The van der Waals surface area contributed by atoms with E-state index in [-0.39, 0.29) is 11.8 Å². The van der Waals surface area contributed by atoms with Gasteiger partial charge in [-0.3, -0.25) is 9.59 Å². The zero-order chi connectivity index (χ0) is 24.3. The van der Waals surface area contributed by atoms with E-state index in [1.807, 2.05) is 79.7 Å². The van der Waals surface area contributed by atoms with Crippen molar-refractivity contribution in [2.75, 3.05) is 19.9 Å². The van der Waals surface area contributed by atoms with Gasteiger partial charge in [-0.15, -0.1) is 11.8 Å². The van der Waals surface area contributed by atoms with Gasteiger partial charge in [-0.05, 0) is 35.7 Å². The Balaban J connectivity index is 1.78. The molecule has 0 fully saturated rings. The summed E-state index contributed by atoms with van der Waals surface area (Å²) in [4.78, 5) is 28.2. The molecule has 1 atom stereocenters. The number of likely N-dealkylation sites (N-methyl/N-ethyl adjacent to an activating group) is 1. The van der Waals surface area contributed by atoms with Crippen LogP contribution in [0.3, 0.4) is 0 Å². The van der Waals surface area contributed by atoms with E-state index in [0.29, 0.717) is 24.5 Å². The second-order valence-corrected chi connectivity index (χ2v) is 9.16. The topological polar surface area (TPSA) is 58.6 Å². The van der Waals surface area contributed by atoms with Crippen LogP contribution in [0, 0.1) is 6.92 Å². The molecule has 6 heteroatoms. The largest absolute Gasteiger partial charge is 0.497 e. The van der Waals surface area contributed by atoms with Gasteiger partial charge in [0, 0.05) is 25.8 Å². The summed E-state index contributed by atoms with van der Waals surface area (Å²) in [6.45, 7) is 2.41. The van der Waals surface area contributed by atoms with E-state index >= 15 is 0 Å². The molecule has 0 bridgehead atoms. The van der Waals surface area contributed by atoms with Crippen LogP contribution in [-0.2, 0) is 28.3 Å². The second kappa shape index (κ2) is 12.8. The van der Waals surface area contributed by atoms with Crippen LogP contribution in [0.2, 0.25) is 0 Å². The molecule has 0 aliphatic heterocycles. The number of hydrogen-bond acceptors (Lipinski definition) is 4. The summed E-state index contributed by atoms with van der Waals surface area (Å²) < 4.78 is 5.21. The minimum atomic E-state index is -0.595. The molecule has 0 heterocycles. The molecule has 2 amide bonds. The summed E-state index contributed by atoms with van der Waals surface area (Å²) in [6.07, 6.45) is 0.460. The molecule has 3 aromatic rings. The quantitative estimate of drug-likeness (QED) is 0.439. The van der Waals surface area contributed by atoms with Crippen LogP contribution in [0.4, 0.5) is 0 Å². The molecular weight excluding hydrogens is 444 g/mol. The molecule has 0 aromatic heterocycles. The third-order valence-electron chi connectivity index (χ3n) is 5.61. The highest BCUT2D eigenvalue weighted by molar-refractivity contribution is 7.99.